The lowest BCUT2D eigenvalue weighted by Crippen LogP contribution is -2.08. The number of halogens is 3. The number of alkyl halides is 3. The molecule has 0 N–H and O–H groups in total. The summed E-state index contributed by atoms with van der Waals surface area (Å²) in [6.45, 7) is 3.33. The van der Waals surface area contributed by atoms with E-state index in [1.165, 1.54) is 13.0 Å². The van der Waals surface area contributed by atoms with Crippen molar-refractivity contribution < 1.29 is 13.2 Å². The van der Waals surface area contributed by atoms with Crippen LogP contribution in [-0.2, 0) is 6.18 Å². The van der Waals surface area contributed by atoms with Gasteiger partial charge in [0.15, 0.2) is 0 Å². The van der Waals surface area contributed by atoms with Crippen LogP contribution in [0.4, 0.5) is 13.2 Å². The molecule has 1 aromatic carbocycles. The zero-order valence-corrected chi connectivity index (χ0v) is 10.0. The van der Waals surface area contributed by atoms with E-state index >= 15 is 0 Å². The molecule has 2 rings (SSSR count). The van der Waals surface area contributed by atoms with Crippen LogP contribution in [0.5, 0.6) is 0 Å². The Bertz CT molecular complexity index is 556. The summed E-state index contributed by atoms with van der Waals surface area (Å²) >= 11 is 0. The van der Waals surface area contributed by atoms with Crippen molar-refractivity contribution in [1.82, 2.24) is 4.98 Å². The lowest BCUT2D eigenvalue weighted by atomic mass is 10.1. The largest absolute Gasteiger partial charge is 0.418 e. The van der Waals surface area contributed by atoms with Crippen LogP contribution in [0, 0.1) is 13.8 Å². The average Bonchev–Trinajstić information content (AvgIpc) is 2.28. The van der Waals surface area contributed by atoms with E-state index in [0.717, 1.165) is 17.2 Å². The minimum absolute atomic E-state index is 0.000532. The molecule has 0 spiro atoms. The Morgan fingerprint density at radius 3 is 2.00 bits per heavy atom. The van der Waals surface area contributed by atoms with Crippen molar-refractivity contribution >= 4 is 0 Å². The van der Waals surface area contributed by atoms with Crippen LogP contribution in [0.25, 0.3) is 11.3 Å². The zero-order chi connectivity index (χ0) is 13.3. The van der Waals surface area contributed by atoms with E-state index in [0.29, 0.717) is 5.69 Å². The molecule has 0 aliphatic carbocycles. The van der Waals surface area contributed by atoms with Gasteiger partial charge >= 0.3 is 6.18 Å². The van der Waals surface area contributed by atoms with Crippen LogP contribution in [0.15, 0.2) is 36.4 Å². The second kappa shape index (κ2) is 4.44. The van der Waals surface area contributed by atoms with Gasteiger partial charge in [0.25, 0.3) is 0 Å². The summed E-state index contributed by atoms with van der Waals surface area (Å²) in [5.41, 5.74) is 1.79. The topological polar surface area (TPSA) is 12.9 Å². The third kappa shape index (κ3) is 2.53. The minimum Gasteiger partial charge on any atom is -0.253 e. The van der Waals surface area contributed by atoms with Crippen molar-refractivity contribution in [1.29, 1.82) is 0 Å². The summed E-state index contributed by atoms with van der Waals surface area (Å²) in [5.74, 6) is 0. The van der Waals surface area contributed by atoms with Gasteiger partial charge in [-0.2, -0.15) is 13.2 Å². The maximum Gasteiger partial charge on any atom is 0.418 e. The van der Waals surface area contributed by atoms with Crippen LogP contribution >= 0.6 is 0 Å². The third-order valence-corrected chi connectivity index (χ3v) is 2.74. The maximum atomic E-state index is 12.6. The SMILES string of the molecule is Cc1ccc(-c2ccc(C(F)(F)F)c(C)n2)cc1. The van der Waals surface area contributed by atoms with Crippen LogP contribution in [0.3, 0.4) is 0 Å². The van der Waals surface area contributed by atoms with Crippen molar-refractivity contribution in [2.24, 2.45) is 0 Å². The number of aryl methyl sites for hydroxylation is 2. The first-order valence-corrected chi connectivity index (χ1v) is 5.50. The highest BCUT2D eigenvalue weighted by molar-refractivity contribution is 5.60. The fourth-order valence-corrected chi connectivity index (χ4v) is 1.75. The van der Waals surface area contributed by atoms with Crippen molar-refractivity contribution in [3.05, 3.63) is 53.2 Å². The summed E-state index contributed by atoms with van der Waals surface area (Å²) in [6, 6.07) is 10.0. The summed E-state index contributed by atoms with van der Waals surface area (Å²) in [6.07, 6.45) is -4.34. The van der Waals surface area contributed by atoms with Gasteiger partial charge in [-0.1, -0.05) is 29.8 Å². The van der Waals surface area contributed by atoms with Gasteiger partial charge in [0.05, 0.1) is 17.0 Å². The second-order valence-corrected chi connectivity index (χ2v) is 4.19. The molecule has 0 aliphatic rings. The average molecular weight is 251 g/mol. The molecule has 0 amide bonds. The van der Waals surface area contributed by atoms with E-state index in [2.05, 4.69) is 4.98 Å². The first-order chi connectivity index (χ1) is 8.38. The number of hydrogen-bond acceptors (Lipinski definition) is 1. The van der Waals surface area contributed by atoms with Gasteiger partial charge in [-0.3, -0.25) is 4.98 Å². The van der Waals surface area contributed by atoms with Gasteiger partial charge in [-0.05, 0) is 26.0 Å². The summed E-state index contributed by atoms with van der Waals surface area (Å²) in [5, 5.41) is 0. The monoisotopic (exact) mass is 251 g/mol. The molecule has 0 aliphatic heterocycles. The summed E-state index contributed by atoms with van der Waals surface area (Å²) in [7, 11) is 0. The Balaban J connectivity index is 2.43. The van der Waals surface area contributed by atoms with Crippen molar-refractivity contribution in [3.63, 3.8) is 0 Å². The number of nitrogens with zero attached hydrogens (tertiary/aromatic N) is 1. The number of rotatable bonds is 1. The standard InChI is InChI=1S/C14H12F3N/c1-9-3-5-11(6-4-9)13-8-7-12(10(2)18-13)14(15,16)17/h3-8H,1-2H3. The van der Waals surface area contributed by atoms with Crippen LogP contribution in [0.1, 0.15) is 16.8 Å². The van der Waals surface area contributed by atoms with Crippen LogP contribution in [0.2, 0.25) is 0 Å². The molecule has 0 atom stereocenters. The van der Waals surface area contributed by atoms with E-state index in [9.17, 15) is 13.2 Å². The number of hydrogen-bond donors (Lipinski definition) is 0. The van der Waals surface area contributed by atoms with Gasteiger partial charge in [-0.15, -0.1) is 0 Å². The molecule has 0 unspecified atom stereocenters. The van der Waals surface area contributed by atoms with Crippen molar-refractivity contribution in [2.45, 2.75) is 20.0 Å². The second-order valence-electron chi connectivity index (χ2n) is 4.19. The highest BCUT2D eigenvalue weighted by atomic mass is 19.4. The Morgan fingerprint density at radius 2 is 1.50 bits per heavy atom. The minimum atomic E-state index is -4.34. The van der Waals surface area contributed by atoms with E-state index < -0.39 is 11.7 Å². The molecule has 0 saturated heterocycles. The van der Waals surface area contributed by atoms with Gasteiger partial charge in [0.2, 0.25) is 0 Å². The molecule has 94 valence electrons. The number of pyridine rings is 1. The van der Waals surface area contributed by atoms with Crippen LogP contribution < -0.4 is 0 Å². The van der Waals surface area contributed by atoms with Crippen molar-refractivity contribution in [2.75, 3.05) is 0 Å². The fraction of sp³-hybridized carbons (Fsp3) is 0.214. The van der Waals surface area contributed by atoms with Gasteiger partial charge < -0.3 is 0 Å². The van der Waals surface area contributed by atoms with Crippen LogP contribution in [-0.4, -0.2) is 4.98 Å². The highest BCUT2D eigenvalue weighted by Crippen LogP contribution is 2.32. The Morgan fingerprint density at radius 1 is 0.889 bits per heavy atom. The Hall–Kier alpha value is -1.84. The molecule has 4 heteroatoms. The molecular weight excluding hydrogens is 239 g/mol. The Labute approximate surface area is 103 Å². The van der Waals surface area contributed by atoms with Gasteiger partial charge in [0, 0.05) is 5.56 Å². The number of benzene rings is 1. The first-order valence-electron chi connectivity index (χ1n) is 5.50. The van der Waals surface area contributed by atoms with E-state index in [4.69, 9.17) is 0 Å². The van der Waals surface area contributed by atoms with Crippen molar-refractivity contribution in [3.8, 4) is 11.3 Å². The maximum absolute atomic E-state index is 12.6. The molecule has 0 radical (unpaired) electrons. The predicted octanol–water partition coefficient (Wildman–Crippen LogP) is 4.38. The smallest absolute Gasteiger partial charge is 0.253 e. The fourth-order valence-electron chi connectivity index (χ4n) is 1.75. The predicted molar refractivity (Wildman–Crippen MR) is 64.1 cm³/mol. The zero-order valence-electron chi connectivity index (χ0n) is 10.0. The van der Waals surface area contributed by atoms with Gasteiger partial charge in [-0.25, -0.2) is 0 Å². The summed E-state index contributed by atoms with van der Waals surface area (Å²) < 4.78 is 37.8. The van der Waals surface area contributed by atoms with E-state index in [-0.39, 0.29) is 5.69 Å². The lowest BCUT2D eigenvalue weighted by Gasteiger charge is -2.10. The quantitative estimate of drug-likeness (QED) is 0.732. The third-order valence-electron chi connectivity index (χ3n) is 2.74. The molecule has 18 heavy (non-hydrogen) atoms. The van der Waals surface area contributed by atoms with E-state index in [1.807, 2.05) is 31.2 Å². The number of aromatic nitrogens is 1. The molecular formula is C14H12F3N. The molecule has 1 aromatic heterocycles. The normalized spacial score (nSPS) is 11.6. The van der Waals surface area contributed by atoms with Gasteiger partial charge in [0.1, 0.15) is 0 Å². The molecule has 1 heterocycles. The Kier molecular flexibility index (Phi) is 3.11. The molecule has 0 fully saturated rings. The molecule has 0 saturated carbocycles. The molecule has 2 aromatic rings. The summed E-state index contributed by atoms with van der Waals surface area (Å²) in [4.78, 5) is 4.02. The molecule has 0 bridgehead atoms. The molecule has 1 nitrogen and oxygen atoms in total. The van der Waals surface area contributed by atoms with E-state index in [1.54, 1.807) is 0 Å². The first kappa shape index (κ1) is 12.6. The highest BCUT2D eigenvalue weighted by Gasteiger charge is 2.32. The lowest BCUT2D eigenvalue weighted by molar-refractivity contribution is -0.138.